The largest absolute Gasteiger partial charge is 0.392 e. The van der Waals surface area contributed by atoms with Gasteiger partial charge in [0.05, 0.1) is 6.10 Å². The molecule has 4 heteroatoms. The van der Waals surface area contributed by atoms with E-state index in [0.29, 0.717) is 12.8 Å². The van der Waals surface area contributed by atoms with Crippen LogP contribution in [0.1, 0.15) is 40.0 Å². The van der Waals surface area contributed by atoms with Crippen molar-refractivity contribution in [3.63, 3.8) is 0 Å². The van der Waals surface area contributed by atoms with E-state index >= 15 is 0 Å². The van der Waals surface area contributed by atoms with Gasteiger partial charge in [-0.1, -0.05) is 20.8 Å². The van der Waals surface area contributed by atoms with E-state index in [-0.39, 0.29) is 29.5 Å². The van der Waals surface area contributed by atoms with Crippen LogP contribution in [0.25, 0.3) is 0 Å². The van der Waals surface area contributed by atoms with Gasteiger partial charge >= 0.3 is 0 Å². The normalized spacial score (nSPS) is 30.5. The summed E-state index contributed by atoms with van der Waals surface area (Å²) in [5.74, 6) is -0.00525. The molecule has 1 saturated carbocycles. The molecule has 0 aromatic heterocycles. The molecule has 1 fully saturated rings. The van der Waals surface area contributed by atoms with Gasteiger partial charge in [-0.15, -0.1) is 0 Å². The molecule has 1 aliphatic carbocycles. The summed E-state index contributed by atoms with van der Waals surface area (Å²) in [7, 11) is 0. The predicted octanol–water partition coefficient (Wildman–Crippen LogP) is 0.389. The van der Waals surface area contributed by atoms with Crippen molar-refractivity contribution in [2.24, 2.45) is 11.1 Å². The summed E-state index contributed by atoms with van der Waals surface area (Å²) in [5, 5.41) is 12.4. The minimum atomic E-state index is -0.303. The van der Waals surface area contributed by atoms with Crippen LogP contribution >= 0.6 is 0 Å². The molecule has 0 aliphatic heterocycles. The maximum absolute atomic E-state index is 11.5. The van der Waals surface area contributed by atoms with Crippen molar-refractivity contribution < 1.29 is 9.90 Å². The predicted molar refractivity (Wildman–Crippen MR) is 59.2 cm³/mol. The van der Waals surface area contributed by atoms with Crippen LogP contribution in [0.3, 0.4) is 0 Å². The number of carbonyl (C=O) groups excluding carboxylic acids is 1. The Balaban J connectivity index is 2.34. The highest BCUT2D eigenvalue weighted by atomic mass is 16.3. The first-order chi connectivity index (χ1) is 6.87. The van der Waals surface area contributed by atoms with Crippen molar-refractivity contribution in [2.45, 2.75) is 58.2 Å². The monoisotopic (exact) mass is 214 g/mol. The number of hydrogen-bond acceptors (Lipinski definition) is 3. The Morgan fingerprint density at radius 2 is 2.27 bits per heavy atom. The molecular formula is C11H22N2O2. The zero-order chi connectivity index (χ0) is 11.6. The van der Waals surface area contributed by atoms with Gasteiger partial charge in [0.1, 0.15) is 0 Å². The zero-order valence-electron chi connectivity index (χ0n) is 9.79. The van der Waals surface area contributed by atoms with Gasteiger partial charge in [0.25, 0.3) is 0 Å². The van der Waals surface area contributed by atoms with E-state index in [1.165, 1.54) is 0 Å². The van der Waals surface area contributed by atoms with E-state index in [2.05, 4.69) is 5.32 Å². The van der Waals surface area contributed by atoms with Gasteiger partial charge in [0.15, 0.2) is 0 Å². The fraction of sp³-hybridized carbons (Fsp3) is 0.909. The molecule has 0 radical (unpaired) electrons. The second-order valence-corrected chi connectivity index (χ2v) is 5.07. The lowest BCUT2D eigenvalue weighted by Crippen LogP contribution is -2.61. The smallest absolute Gasteiger partial charge is 0.221 e. The van der Waals surface area contributed by atoms with Crippen molar-refractivity contribution in [2.75, 3.05) is 0 Å². The van der Waals surface area contributed by atoms with Crippen LogP contribution in [0.5, 0.6) is 0 Å². The third-order valence-corrected chi connectivity index (χ3v) is 3.52. The molecular weight excluding hydrogens is 192 g/mol. The van der Waals surface area contributed by atoms with E-state index in [1.54, 1.807) is 0 Å². The highest BCUT2D eigenvalue weighted by molar-refractivity contribution is 5.77. The Bertz CT molecular complexity index is 241. The number of carbonyl (C=O) groups is 1. The van der Waals surface area contributed by atoms with Gasteiger partial charge in [0, 0.05) is 23.9 Å². The number of aliphatic hydroxyl groups excluding tert-OH is 1. The highest BCUT2D eigenvalue weighted by Crippen LogP contribution is 2.40. The molecule has 0 saturated heterocycles. The topological polar surface area (TPSA) is 75.4 Å². The zero-order valence-corrected chi connectivity index (χ0v) is 9.79. The Hall–Kier alpha value is -0.610. The van der Waals surface area contributed by atoms with Gasteiger partial charge in [-0.05, 0) is 12.8 Å². The maximum Gasteiger partial charge on any atom is 0.221 e. The third kappa shape index (κ3) is 2.69. The first kappa shape index (κ1) is 12.5. The van der Waals surface area contributed by atoms with Gasteiger partial charge in [-0.2, -0.15) is 0 Å². The van der Waals surface area contributed by atoms with Crippen LogP contribution in [0.15, 0.2) is 0 Å². The fourth-order valence-corrected chi connectivity index (χ4v) is 1.78. The summed E-state index contributed by atoms with van der Waals surface area (Å²) in [6.07, 6.45) is 1.53. The van der Waals surface area contributed by atoms with Crippen LogP contribution < -0.4 is 11.1 Å². The molecule has 0 aromatic carbocycles. The lowest BCUT2D eigenvalue weighted by Gasteiger charge is -2.49. The molecule has 15 heavy (non-hydrogen) atoms. The molecule has 1 aliphatic rings. The molecule has 4 N–H and O–H groups in total. The second kappa shape index (κ2) is 4.49. The number of hydrogen-bond donors (Lipinski definition) is 3. The molecule has 1 rings (SSSR count). The molecule has 3 unspecified atom stereocenters. The number of amides is 1. The van der Waals surface area contributed by atoms with Gasteiger partial charge in [-0.25, -0.2) is 0 Å². The Morgan fingerprint density at radius 1 is 1.67 bits per heavy atom. The van der Waals surface area contributed by atoms with Crippen molar-refractivity contribution in [1.82, 2.24) is 5.32 Å². The average Bonchev–Trinajstić information content (AvgIpc) is 2.17. The molecule has 3 atom stereocenters. The van der Waals surface area contributed by atoms with Crippen molar-refractivity contribution in [3.05, 3.63) is 0 Å². The first-order valence-electron chi connectivity index (χ1n) is 5.61. The molecule has 0 heterocycles. The minimum Gasteiger partial charge on any atom is -0.392 e. The van der Waals surface area contributed by atoms with Crippen molar-refractivity contribution in [1.29, 1.82) is 0 Å². The second-order valence-electron chi connectivity index (χ2n) is 5.07. The lowest BCUT2D eigenvalue weighted by atomic mass is 9.64. The fourth-order valence-electron chi connectivity index (χ4n) is 1.78. The van der Waals surface area contributed by atoms with E-state index in [4.69, 9.17) is 5.73 Å². The van der Waals surface area contributed by atoms with Crippen molar-refractivity contribution in [3.8, 4) is 0 Å². The van der Waals surface area contributed by atoms with Gasteiger partial charge in [0.2, 0.25) is 5.91 Å². The van der Waals surface area contributed by atoms with Crippen LogP contribution in [0, 0.1) is 5.41 Å². The minimum absolute atomic E-state index is 0.00525. The molecule has 88 valence electrons. The summed E-state index contributed by atoms with van der Waals surface area (Å²) in [6.45, 7) is 5.90. The summed E-state index contributed by atoms with van der Waals surface area (Å²) in [6, 6.07) is 0.0298. The van der Waals surface area contributed by atoms with E-state index in [1.807, 2.05) is 20.8 Å². The summed E-state index contributed by atoms with van der Waals surface area (Å²) in [4.78, 5) is 11.5. The van der Waals surface area contributed by atoms with E-state index in [9.17, 15) is 9.90 Å². The number of rotatable bonds is 4. The summed E-state index contributed by atoms with van der Waals surface area (Å²) in [5.41, 5.74) is 5.49. The Morgan fingerprint density at radius 3 is 2.67 bits per heavy atom. The average molecular weight is 214 g/mol. The standard InChI is InChI=1S/C11H22N2O2/c1-4-7(12)5-10(15)13-8-6-9(14)11(8,2)3/h7-9,14H,4-6,12H2,1-3H3,(H,13,15). The van der Waals surface area contributed by atoms with Gasteiger partial charge < -0.3 is 16.2 Å². The Kier molecular flexibility index (Phi) is 3.73. The molecule has 0 spiro atoms. The molecule has 1 amide bonds. The SMILES string of the molecule is CCC(N)CC(=O)NC1CC(O)C1(C)C. The van der Waals surface area contributed by atoms with Gasteiger partial charge in [-0.3, -0.25) is 4.79 Å². The first-order valence-corrected chi connectivity index (χ1v) is 5.61. The molecule has 4 nitrogen and oxygen atoms in total. The van der Waals surface area contributed by atoms with Crippen LogP contribution in [0.2, 0.25) is 0 Å². The number of nitrogens with two attached hydrogens (primary N) is 1. The third-order valence-electron chi connectivity index (χ3n) is 3.52. The molecule has 0 bridgehead atoms. The van der Waals surface area contributed by atoms with Crippen LogP contribution in [-0.4, -0.2) is 29.2 Å². The summed E-state index contributed by atoms with van der Waals surface area (Å²) < 4.78 is 0. The van der Waals surface area contributed by atoms with Crippen molar-refractivity contribution >= 4 is 5.91 Å². The summed E-state index contributed by atoms with van der Waals surface area (Å²) >= 11 is 0. The van der Waals surface area contributed by atoms with Crippen LogP contribution in [-0.2, 0) is 4.79 Å². The quantitative estimate of drug-likeness (QED) is 0.633. The number of nitrogens with one attached hydrogen (secondary N) is 1. The van der Waals surface area contributed by atoms with Crippen LogP contribution in [0.4, 0.5) is 0 Å². The maximum atomic E-state index is 11.5. The Labute approximate surface area is 91.2 Å². The number of aliphatic hydroxyl groups is 1. The van der Waals surface area contributed by atoms with E-state index < -0.39 is 0 Å². The lowest BCUT2D eigenvalue weighted by molar-refractivity contribution is -0.129. The van der Waals surface area contributed by atoms with E-state index in [0.717, 1.165) is 6.42 Å². The highest BCUT2D eigenvalue weighted by Gasteiger charge is 2.47. The molecule has 0 aromatic rings.